The van der Waals surface area contributed by atoms with Gasteiger partial charge in [-0.15, -0.1) is 0 Å². The topological polar surface area (TPSA) is 74.7 Å². The second-order valence-corrected chi connectivity index (χ2v) is 7.23. The summed E-state index contributed by atoms with van der Waals surface area (Å²) in [5, 5.41) is 0.145. The fraction of sp³-hybridized carbons (Fsp3) is 0.350. The average molecular weight is 388 g/mol. The Bertz CT molecular complexity index is 1000. The maximum absolute atomic E-state index is 13.5. The number of rotatable bonds is 2. The van der Waals surface area contributed by atoms with Gasteiger partial charge < -0.3 is 14.2 Å². The summed E-state index contributed by atoms with van der Waals surface area (Å²) in [5.74, 6) is -0.559. The molecule has 1 aliphatic heterocycles. The summed E-state index contributed by atoms with van der Waals surface area (Å²) in [6.45, 7) is 3.68. The molecule has 2 atom stereocenters. The van der Waals surface area contributed by atoms with Crippen molar-refractivity contribution in [3.63, 3.8) is 0 Å². The van der Waals surface area contributed by atoms with Gasteiger partial charge in [0.15, 0.2) is 5.75 Å². The van der Waals surface area contributed by atoms with Crippen molar-refractivity contribution in [3.05, 3.63) is 45.7 Å². The number of hydrogen-bond donors (Lipinski definition) is 0. The Morgan fingerprint density at radius 3 is 2.56 bits per heavy atom. The lowest BCUT2D eigenvalue weighted by atomic mass is 9.71. The number of halogens is 1. The van der Waals surface area contributed by atoms with Crippen LogP contribution in [0.2, 0.25) is 5.02 Å². The van der Waals surface area contributed by atoms with E-state index in [1.54, 1.807) is 12.1 Å². The van der Waals surface area contributed by atoms with Gasteiger partial charge in [0.25, 0.3) is 0 Å². The molecule has 0 amide bonds. The number of Topliss-reactive ketones (excluding diaryl/α,β-unsaturated/α-hetero) is 2. The molecule has 7 heteroatoms. The molecule has 6 nitrogen and oxygen atoms in total. The summed E-state index contributed by atoms with van der Waals surface area (Å²) in [7, 11) is 2.90. The van der Waals surface area contributed by atoms with Crippen molar-refractivity contribution in [2.45, 2.75) is 25.9 Å². The van der Waals surface area contributed by atoms with Crippen LogP contribution in [-0.4, -0.2) is 36.4 Å². The van der Waals surface area contributed by atoms with Crippen LogP contribution in [0.5, 0.6) is 17.2 Å². The van der Waals surface area contributed by atoms with Gasteiger partial charge in [0.2, 0.25) is 17.2 Å². The number of hydrogen-bond acceptors (Lipinski definition) is 6. The number of carbonyl (C=O) groups is 2. The monoisotopic (exact) mass is 387 g/mol. The third-order valence-corrected chi connectivity index (χ3v) is 5.67. The maximum atomic E-state index is 13.5. The lowest BCUT2D eigenvalue weighted by Crippen LogP contribution is -2.56. The van der Waals surface area contributed by atoms with E-state index in [0.717, 1.165) is 5.69 Å². The average Bonchev–Trinajstić information content (AvgIpc) is 2.96. The van der Waals surface area contributed by atoms with Gasteiger partial charge in [0.1, 0.15) is 22.1 Å². The molecule has 1 aromatic carbocycles. The first-order valence-electron chi connectivity index (χ1n) is 8.54. The first-order chi connectivity index (χ1) is 12.8. The second-order valence-electron chi connectivity index (χ2n) is 6.85. The molecular weight excluding hydrogens is 370 g/mol. The Hall–Kier alpha value is -2.60. The minimum absolute atomic E-state index is 0.126. The van der Waals surface area contributed by atoms with Crippen LogP contribution < -0.4 is 14.2 Å². The number of fused-ring (bicyclic) bond motifs is 2. The summed E-state index contributed by atoms with van der Waals surface area (Å²) >= 11 is 6.39. The molecule has 0 N–H and O–H groups in total. The first kappa shape index (κ1) is 17.8. The number of benzene rings is 1. The largest absolute Gasteiger partial charge is 0.496 e. The Labute approximate surface area is 161 Å². The van der Waals surface area contributed by atoms with Crippen LogP contribution in [0.3, 0.4) is 0 Å². The van der Waals surface area contributed by atoms with Crippen molar-refractivity contribution in [1.82, 2.24) is 4.98 Å². The first-order valence-corrected chi connectivity index (χ1v) is 8.92. The molecule has 0 fully saturated rings. The predicted molar refractivity (Wildman–Crippen MR) is 98.4 cm³/mol. The van der Waals surface area contributed by atoms with E-state index < -0.39 is 23.1 Å². The van der Waals surface area contributed by atoms with Gasteiger partial charge in [-0.05, 0) is 25.5 Å². The van der Waals surface area contributed by atoms with E-state index in [2.05, 4.69) is 4.98 Å². The summed E-state index contributed by atoms with van der Waals surface area (Å²) in [4.78, 5) is 31.3. The molecule has 1 aliphatic carbocycles. The highest BCUT2D eigenvalue weighted by Gasteiger charge is 2.61. The number of nitrogens with zero attached hydrogens (tertiary/aromatic N) is 1. The quantitative estimate of drug-likeness (QED) is 0.735. The number of aromatic nitrogens is 1. The highest BCUT2D eigenvalue weighted by molar-refractivity contribution is 6.36. The molecular formula is C20H18ClNO5. The summed E-state index contributed by atoms with van der Waals surface area (Å²) in [5.41, 5.74) is 0.409. The fourth-order valence-electron chi connectivity index (χ4n) is 3.91. The maximum Gasteiger partial charge on any atom is 0.236 e. The van der Waals surface area contributed by atoms with Gasteiger partial charge in [-0.3, -0.25) is 14.6 Å². The number of methoxy groups -OCH3 is 2. The molecule has 27 heavy (non-hydrogen) atoms. The van der Waals surface area contributed by atoms with Crippen LogP contribution in [0.4, 0.5) is 0 Å². The molecule has 1 spiro atoms. The lowest BCUT2D eigenvalue weighted by Gasteiger charge is -2.36. The molecule has 0 unspecified atom stereocenters. The number of pyridine rings is 1. The van der Waals surface area contributed by atoms with Crippen LogP contribution >= 0.6 is 11.6 Å². The van der Waals surface area contributed by atoms with E-state index in [1.807, 2.05) is 13.8 Å². The number of ketones is 2. The van der Waals surface area contributed by atoms with E-state index in [-0.39, 0.29) is 22.1 Å². The van der Waals surface area contributed by atoms with Crippen LogP contribution in [0, 0.1) is 12.8 Å². The summed E-state index contributed by atoms with van der Waals surface area (Å²) in [6, 6.07) is 4.98. The molecule has 140 valence electrons. The van der Waals surface area contributed by atoms with Crippen molar-refractivity contribution in [2.24, 2.45) is 5.92 Å². The molecule has 0 bridgehead atoms. The summed E-state index contributed by atoms with van der Waals surface area (Å²) in [6.07, 6.45) is 0.444. The van der Waals surface area contributed by atoms with Gasteiger partial charge in [-0.2, -0.15) is 0 Å². The van der Waals surface area contributed by atoms with Gasteiger partial charge in [0, 0.05) is 23.2 Å². The Kier molecular flexibility index (Phi) is 3.93. The van der Waals surface area contributed by atoms with Crippen molar-refractivity contribution in [3.8, 4) is 17.2 Å². The van der Waals surface area contributed by atoms with E-state index in [1.165, 1.54) is 20.3 Å². The standard InChI is InChI=1S/C20H18ClNO5/c1-9-7-12-11(6-5-10(2)22-12)18(23)20(9)19(24)15-13(25-3)8-14(26-4)16(21)17(15)27-20/h5-6,8-9H,7H2,1-4H3/t9-,20+/m1/s1. The zero-order valence-electron chi connectivity index (χ0n) is 15.4. The van der Waals surface area contributed by atoms with E-state index in [9.17, 15) is 9.59 Å². The Morgan fingerprint density at radius 1 is 1.19 bits per heavy atom. The third-order valence-electron chi connectivity index (χ3n) is 5.31. The molecule has 4 rings (SSSR count). The van der Waals surface area contributed by atoms with Crippen LogP contribution in [0.15, 0.2) is 18.2 Å². The highest BCUT2D eigenvalue weighted by atomic mass is 35.5. The molecule has 2 aliphatic rings. The zero-order chi connectivity index (χ0) is 19.5. The number of ether oxygens (including phenoxy) is 3. The second kappa shape index (κ2) is 5.96. The van der Waals surface area contributed by atoms with Crippen molar-refractivity contribution < 1.29 is 23.8 Å². The van der Waals surface area contributed by atoms with Gasteiger partial charge in [0.05, 0.1) is 19.9 Å². The number of aryl methyl sites for hydroxylation is 1. The SMILES string of the molecule is COc1cc(OC)c2c(c1Cl)O[C@@]1(C(=O)c3ccc(C)nc3C[C@H]1C)C2=O. The highest BCUT2D eigenvalue weighted by Crippen LogP contribution is 2.53. The van der Waals surface area contributed by atoms with E-state index in [4.69, 9.17) is 25.8 Å². The molecule has 0 radical (unpaired) electrons. The molecule has 2 aromatic rings. The molecule has 0 saturated carbocycles. The van der Waals surface area contributed by atoms with E-state index in [0.29, 0.717) is 23.4 Å². The van der Waals surface area contributed by atoms with Crippen LogP contribution in [-0.2, 0) is 6.42 Å². The smallest absolute Gasteiger partial charge is 0.236 e. The third kappa shape index (κ3) is 2.22. The van der Waals surface area contributed by atoms with Crippen LogP contribution in [0.25, 0.3) is 0 Å². The van der Waals surface area contributed by atoms with Gasteiger partial charge >= 0.3 is 0 Å². The molecule has 2 heterocycles. The van der Waals surface area contributed by atoms with E-state index >= 15 is 0 Å². The van der Waals surface area contributed by atoms with Crippen molar-refractivity contribution in [1.29, 1.82) is 0 Å². The van der Waals surface area contributed by atoms with Gasteiger partial charge in [-0.25, -0.2) is 0 Å². The normalized spacial score (nSPS) is 23.1. The minimum atomic E-state index is -1.67. The van der Waals surface area contributed by atoms with Gasteiger partial charge in [-0.1, -0.05) is 18.5 Å². The van der Waals surface area contributed by atoms with Crippen LogP contribution in [0.1, 0.15) is 39.0 Å². The predicted octanol–water partition coefficient (Wildman–Crippen LogP) is 3.45. The lowest BCUT2D eigenvalue weighted by molar-refractivity contribution is 0.0257. The van der Waals surface area contributed by atoms with Crippen molar-refractivity contribution in [2.75, 3.05) is 14.2 Å². The molecule has 1 aromatic heterocycles. The number of carbonyl (C=O) groups excluding carboxylic acids is 2. The zero-order valence-corrected chi connectivity index (χ0v) is 16.1. The minimum Gasteiger partial charge on any atom is -0.496 e. The Balaban J connectivity index is 1.92. The Morgan fingerprint density at radius 2 is 1.89 bits per heavy atom. The molecule has 0 saturated heterocycles. The fourth-order valence-corrected chi connectivity index (χ4v) is 4.17. The summed E-state index contributed by atoms with van der Waals surface area (Å²) < 4.78 is 16.7. The van der Waals surface area contributed by atoms with Crippen molar-refractivity contribution >= 4 is 23.2 Å².